The Bertz CT molecular complexity index is 614. The van der Waals surface area contributed by atoms with Gasteiger partial charge in [-0.25, -0.2) is 4.79 Å². The second-order valence-electron chi connectivity index (χ2n) is 3.94. The van der Waals surface area contributed by atoms with Gasteiger partial charge in [-0.2, -0.15) is 0 Å². The van der Waals surface area contributed by atoms with E-state index in [4.69, 9.17) is 10.5 Å². The standard InChI is InChI=1S/C14H11Br2NO2/c15-10-3-1-2-9(6-10)8-19-14(18)12-5-4-11(16)7-13(12)17/h1-7H,8,17H2. The third-order valence-electron chi connectivity index (χ3n) is 2.49. The Morgan fingerprint density at radius 3 is 2.53 bits per heavy atom. The molecule has 0 fully saturated rings. The predicted octanol–water partition coefficient (Wildman–Crippen LogP) is 4.15. The van der Waals surface area contributed by atoms with Crippen LogP contribution in [-0.4, -0.2) is 5.97 Å². The summed E-state index contributed by atoms with van der Waals surface area (Å²) < 4.78 is 7.01. The number of ether oxygens (including phenoxy) is 1. The van der Waals surface area contributed by atoms with E-state index in [0.29, 0.717) is 11.3 Å². The molecule has 0 saturated carbocycles. The molecule has 0 atom stereocenters. The number of nitrogens with two attached hydrogens (primary N) is 1. The molecule has 0 unspecified atom stereocenters. The van der Waals surface area contributed by atoms with Crippen LogP contribution >= 0.6 is 31.9 Å². The first-order valence-electron chi connectivity index (χ1n) is 5.53. The highest BCUT2D eigenvalue weighted by molar-refractivity contribution is 9.10. The molecule has 0 amide bonds. The van der Waals surface area contributed by atoms with Crippen molar-refractivity contribution in [3.05, 3.63) is 62.5 Å². The zero-order chi connectivity index (χ0) is 13.8. The zero-order valence-corrected chi connectivity index (χ0v) is 13.1. The second-order valence-corrected chi connectivity index (χ2v) is 5.77. The number of esters is 1. The fourth-order valence-electron chi connectivity index (χ4n) is 1.57. The summed E-state index contributed by atoms with van der Waals surface area (Å²) in [6.45, 7) is 0.216. The quantitative estimate of drug-likeness (QED) is 0.638. The second kappa shape index (κ2) is 6.21. The highest BCUT2D eigenvalue weighted by atomic mass is 79.9. The van der Waals surface area contributed by atoms with Crippen LogP contribution in [0.1, 0.15) is 15.9 Å². The maximum Gasteiger partial charge on any atom is 0.340 e. The van der Waals surface area contributed by atoms with Crippen LogP contribution < -0.4 is 5.73 Å². The molecule has 0 radical (unpaired) electrons. The summed E-state index contributed by atoms with van der Waals surface area (Å²) in [6, 6.07) is 12.7. The van der Waals surface area contributed by atoms with Gasteiger partial charge in [-0.1, -0.05) is 44.0 Å². The van der Waals surface area contributed by atoms with Crippen molar-refractivity contribution in [2.75, 3.05) is 5.73 Å². The molecular weight excluding hydrogens is 374 g/mol. The predicted molar refractivity (Wildman–Crippen MR) is 81.8 cm³/mol. The van der Waals surface area contributed by atoms with E-state index in [1.54, 1.807) is 18.2 Å². The molecule has 0 bridgehead atoms. The summed E-state index contributed by atoms with van der Waals surface area (Å²) in [5.74, 6) is -0.426. The van der Waals surface area contributed by atoms with Crippen molar-refractivity contribution >= 4 is 43.5 Å². The van der Waals surface area contributed by atoms with Crippen LogP contribution in [0.3, 0.4) is 0 Å². The van der Waals surface area contributed by atoms with Gasteiger partial charge < -0.3 is 10.5 Å². The third kappa shape index (κ3) is 3.81. The lowest BCUT2D eigenvalue weighted by Crippen LogP contribution is -2.08. The molecule has 0 aromatic heterocycles. The Morgan fingerprint density at radius 1 is 1.11 bits per heavy atom. The van der Waals surface area contributed by atoms with Gasteiger partial charge in [0.05, 0.1) is 5.56 Å². The van der Waals surface area contributed by atoms with Gasteiger partial charge in [0.2, 0.25) is 0 Å². The minimum atomic E-state index is -0.426. The number of carbonyl (C=O) groups is 1. The third-order valence-corrected chi connectivity index (χ3v) is 3.48. The number of carbonyl (C=O) groups excluding carboxylic acids is 1. The average Bonchev–Trinajstić information content (AvgIpc) is 2.36. The van der Waals surface area contributed by atoms with Crippen molar-refractivity contribution in [2.45, 2.75) is 6.61 Å². The van der Waals surface area contributed by atoms with Crippen molar-refractivity contribution in [3.63, 3.8) is 0 Å². The fourth-order valence-corrected chi connectivity index (χ4v) is 2.40. The SMILES string of the molecule is Nc1cc(Br)ccc1C(=O)OCc1cccc(Br)c1. The fraction of sp³-hybridized carbons (Fsp3) is 0.0714. The van der Waals surface area contributed by atoms with E-state index in [1.807, 2.05) is 24.3 Å². The molecule has 19 heavy (non-hydrogen) atoms. The van der Waals surface area contributed by atoms with Gasteiger partial charge in [0, 0.05) is 14.6 Å². The van der Waals surface area contributed by atoms with E-state index in [-0.39, 0.29) is 6.61 Å². The lowest BCUT2D eigenvalue weighted by Gasteiger charge is -2.07. The molecule has 0 saturated heterocycles. The average molecular weight is 385 g/mol. The maximum absolute atomic E-state index is 11.9. The Hall–Kier alpha value is -1.33. The number of hydrogen-bond acceptors (Lipinski definition) is 3. The van der Waals surface area contributed by atoms with Crippen molar-refractivity contribution < 1.29 is 9.53 Å². The van der Waals surface area contributed by atoms with Crippen molar-refractivity contribution in [3.8, 4) is 0 Å². The van der Waals surface area contributed by atoms with Crippen LogP contribution in [0.2, 0.25) is 0 Å². The van der Waals surface area contributed by atoms with E-state index in [2.05, 4.69) is 31.9 Å². The van der Waals surface area contributed by atoms with Crippen LogP contribution in [-0.2, 0) is 11.3 Å². The minimum absolute atomic E-state index is 0.216. The monoisotopic (exact) mass is 383 g/mol. The number of hydrogen-bond donors (Lipinski definition) is 1. The lowest BCUT2D eigenvalue weighted by molar-refractivity contribution is 0.0474. The lowest BCUT2D eigenvalue weighted by atomic mass is 10.2. The number of anilines is 1. The number of halogens is 2. The Kier molecular flexibility index (Phi) is 4.61. The highest BCUT2D eigenvalue weighted by Gasteiger charge is 2.11. The molecule has 0 aliphatic rings. The van der Waals surface area contributed by atoms with Crippen molar-refractivity contribution in [1.29, 1.82) is 0 Å². The van der Waals surface area contributed by atoms with Crippen LogP contribution in [0.15, 0.2) is 51.4 Å². The van der Waals surface area contributed by atoms with Crippen LogP contribution in [0.4, 0.5) is 5.69 Å². The molecule has 5 heteroatoms. The van der Waals surface area contributed by atoms with Crippen LogP contribution in [0, 0.1) is 0 Å². The summed E-state index contributed by atoms with van der Waals surface area (Å²) in [4.78, 5) is 11.9. The van der Waals surface area contributed by atoms with Gasteiger partial charge in [-0.15, -0.1) is 0 Å². The zero-order valence-electron chi connectivity index (χ0n) is 9.90. The van der Waals surface area contributed by atoms with E-state index in [1.165, 1.54) is 0 Å². The Labute approximate surface area is 128 Å². The van der Waals surface area contributed by atoms with Gasteiger partial charge in [-0.05, 0) is 35.9 Å². The van der Waals surface area contributed by atoms with Crippen LogP contribution in [0.5, 0.6) is 0 Å². The first-order valence-corrected chi connectivity index (χ1v) is 7.11. The Morgan fingerprint density at radius 2 is 1.84 bits per heavy atom. The van der Waals surface area contributed by atoms with Gasteiger partial charge in [-0.3, -0.25) is 0 Å². The molecule has 2 aromatic rings. The molecule has 0 aliphatic heterocycles. The summed E-state index contributed by atoms with van der Waals surface area (Å²) >= 11 is 6.66. The highest BCUT2D eigenvalue weighted by Crippen LogP contribution is 2.20. The topological polar surface area (TPSA) is 52.3 Å². The normalized spacial score (nSPS) is 10.2. The summed E-state index contributed by atoms with van der Waals surface area (Å²) in [7, 11) is 0. The summed E-state index contributed by atoms with van der Waals surface area (Å²) in [5, 5.41) is 0. The van der Waals surface area contributed by atoms with E-state index in [9.17, 15) is 4.79 Å². The molecule has 0 heterocycles. The first kappa shape index (κ1) is 14.1. The maximum atomic E-state index is 11.9. The Balaban J connectivity index is 2.05. The molecule has 98 valence electrons. The first-order chi connectivity index (χ1) is 9.06. The minimum Gasteiger partial charge on any atom is -0.457 e. The van der Waals surface area contributed by atoms with Gasteiger partial charge in [0.25, 0.3) is 0 Å². The molecule has 0 spiro atoms. The van der Waals surface area contributed by atoms with Gasteiger partial charge >= 0.3 is 5.97 Å². The number of rotatable bonds is 3. The molecule has 2 rings (SSSR count). The van der Waals surface area contributed by atoms with E-state index >= 15 is 0 Å². The number of benzene rings is 2. The van der Waals surface area contributed by atoms with Crippen molar-refractivity contribution in [2.24, 2.45) is 0 Å². The number of nitrogen functional groups attached to an aromatic ring is 1. The van der Waals surface area contributed by atoms with Gasteiger partial charge in [0.15, 0.2) is 0 Å². The largest absolute Gasteiger partial charge is 0.457 e. The smallest absolute Gasteiger partial charge is 0.340 e. The van der Waals surface area contributed by atoms with Crippen LogP contribution in [0.25, 0.3) is 0 Å². The van der Waals surface area contributed by atoms with E-state index in [0.717, 1.165) is 14.5 Å². The molecule has 3 nitrogen and oxygen atoms in total. The summed E-state index contributed by atoms with van der Waals surface area (Å²) in [5.41, 5.74) is 7.46. The molecule has 2 N–H and O–H groups in total. The van der Waals surface area contributed by atoms with Gasteiger partial charge in [0.1, 0.15) is 6.61 Å². The molecular formula is C14H11Br2NO2. The molecule has 2 aromatic carbocycles. The van der Waals surface area contributed by atoms with E-state index < -0.39 is 5.97 Å². The van der Waals surface area contributed by atoms with Crippen molar-refractivity contribution in [1.82, 2.24) is 0 Å². The molecule has 0 aliphatic carbocycles. The summed E-state index contributed by atoms with van der Waals surface area (Å²) in [6.07, 6.45) is 0.